The minimum absolute atomic E-state index is 0.0224. The Bertz CT molecular complexity index is 1810. The first-order valence-electron chi connectivity index (χ1n) is 19.5. The molecule has 2 amide bonds. The lowest BCUT2D eigenvalue weighted by molar-refractivity contribution is -0.697. The Hall–Kier alpha value is -5.40. The van der Waals surface area contributed by atoms with Gasteiger partial charge in [0.2, 0.25) is 11.8 Å². The van der Waals surface area contributed by atoms with Crippen LogP contribution in [0, 0.1) is 0 Å². The molecule has 0 fully saturated rings. The first kappa shape index (κ1) is 45.3. The highest BCUT2D eigenvalue weighted by molar-refractivity contribution is 8.76. The fourth-order valence-electron chi connectivity index (χ4n) is 5.90. The van der Waals surface area contributed by atoms with Gasteiger partial charge in [0.15, 0.2) is 24.8 Å². The van der Waals surface area contributed by atoms with Gasteiger partial charge in [0.1, 0.15) is 19.6 Å². The quantitative estimate of drug-likeness (QED) is 0.0331. The number of pyridine rings is 2. The molecule has 58 heavy (non-hydrogen) atoms. The molecule has 4 rings (SSSR count). The maximum absolute atomic E-state index is 12.3. The number of nitrogens with one attached hydrogen (secondary N) is 2. The number of carboxylic acids is 2. The van der Waals surface area contributed by atoms with E-state index in [4.69, 9.17) is 10.2 Å². The Balaban J connectivity index is 0.976. The van der Waals surface area contributed by atoms with E-state index < -0.39 is 11.9 Å². The summed E-state index contributed by atoms with van der Waals surface area (Å²) in [5, 5.41) is 24.0. The molecule has 0 aliphatic heterocycles. The van der Waals surface area contributed by atoms with Gasteiger partial charge in [-0.15, -0.1) is 0 Å². The molecule has 0 saturated heterocycles. The highest BCUT2D eigenvalue weighted by atomic mass is 33.1. The first-order chi connectivity index (χ1) is 28.0. The second kappa shape index (κ2) is 25.1. The Morgan fingerprint density at radius 2 is 1.05 bits per heavy atom. The van der Waals surface area contributed by atoms with Gasteiger partial charge in [-0.3, -0.25) is 19.2 Å². The molecule has 13 heteroatoms. The number of carboxylic acid groups (broad SMARTS) is 2. The van der Waals surface area contributed by atoms with Crippen LogP contribution in [-0.2, 0) is 32.3 Å². The average molecular weight is 826 g/mol. The van der Waals surface area contributed by atoms with Crippen LogP contribution < -0.4 is 24.7 Å². The van der Waals surface area contributed by atoms with E-state index >= 15 is 0 Å². The molecule has 2 heterocycles. The summed E-state index contributed by atoms with van der Waals surface area (Å²) in [6.45, 7) is 4.60. The van der Waals surface area contributed by atoms with Gasteiger partial charge in [-0.05, 0) is 45.9 Å². The van der Waals surface area contributed by atoms with Crippen LogP contribution in [0.5, 0.6) is 0 Å². The minimum Gasteiger partial charge on any atom is -0.481 e. The van der Waals surface area contributed by atoms with Crippen molar-refractivity contribution in [3.63, 3.8) is 0 Å². The van der Waals surface area contributed by atoms with Crippen molar-refractivity contribution in [2.75, 3.05) is 43.1 Å². The van der Waals surface area contributed by atoms with Crippen LogP contribution in [0.1, 0.15) is 72.8 Å². The molecule has 0 radical (unpaired) electrons. The minimum atomic E-state index is -0.865. The highest BCUT2D eigenvalue weighted by Gasteiger charge is 2.10. The summed E-state index contributed by atoms with van der Waals surface area (Å²) in [6, 6.07) is 23.9. The van der Waals surface area contributed by atoms with Gasteiger partial charge in [-0.2, -0.15) is 0 Å². The molecule has 1 atom stereocenters. The van der Waals surface area contributed by atoms with Gasteiger partial charge in [-0.1, -0.05) is 89.2 Å². The maximum Gasteiger partial charge on any atom is 0.323 e. The molecule has 0 bridgehead atoms. The predicted molar refractivity (Wildman–Crippen MR) is 235 cm³/mol. The van der Waals surface area contributed by atoms with Crippen LogP contribution in [0.3, 0.4) is 0 Å². The molecule has 2 aromatic heterocycles. The molecule has 306 valence electrons. The van der Waals surface area contributed by atoms with Crippen LogP contribution in [0.25, 0.3) is 24.3 Å². The third kappa shape index (κ3) is 17.8. The summed E-state index contributed by atoms with van der Waals surface area (Å²) >= 11 is 0. The van der Waals surface area contributed by atoms with Crippen LogP contribution in [0.4, 0.5) is 5.69 Å². The van der Waals surface area contributed by atoms with Crippen molar-refractivity contribution in [2.24, 2.45) is 0 Å². The number of hydrogen-bond acceptors (Lipinski definition) is 7. The fourth-order valence-corrected chi connectivity index (χ4v) is 7.71. The van der Waals surface area contributed by atoms with Crippen molar-refractivity contribution in [3.8, 4) is 0 Å². The normalized spacial score (nSPS) is 11.8. The van der Waals surface area contributed by atoms with Gasteiger partial charge < -0.3 is 25.7 Å². The van der Waals surface area contributed by atoms with Crippen molar-refractivity contribution in [1.82, 2.24) is 10.6 Å². The van der Waals surface area contributed by atoms with E-state index in [1.165, 1.54) is 0 Å². The second-order valence-corrected chi connectivity index (χ2v) is 16.7. The number of aliphatic carboxylic acids is 2. The largest absolute Gasteiger partial charge is 0.481 e. The number of aryl methyl sites for hydroxylation is 2. The topological polar surface area (TPSA) is 144 Å². The predicted octanol–water partition coefficient (Wildman–Crippen LogP) is 6.58. The van der Waals surface area contributed by atoms with Crippen molar-refractivity contribution < 1.29 is 38.5 Å². The Morgan fingerprint density at radius 3 is 1.47 bits per heavy atom. The van der Waals surface area contributed by atoms with Crippen LogP contribution >= 0.6 is 21.6 Å². The van der Waals surface area contributed by atoms with E-state index in [0.29, 0.717) is 25.9 Å². The summed E-state index contributed by atoms with van der Waals surface area (Å²) in [7, 11) is 5.13. The monoisotopic (exact) mass is 825 g/mol. The van der Waals surface area contributed by atoms with Crippen molar-refractivity contribution in [1.29, 1.82) is 0 Å². The van der Waals surface area contributed by atoms with E-state index in [2.05, 4.69) is 19.8 Å². The Kier molecular flexibility index (Phi) is 19.6. The zero-order valence-corrected chi connectivity index (χ0v) is 34.9. The zero-order valence-electron chi connectivity index (χ0n) is 33.3. The summed E-state index contributed by atoms with van der Waals surface area (Å²) in [5.74, 6) is 0.0230. The smallest absolute Gasteiger partial charge is 0.323 e. The maximum atomic E-state index is 12.3. The standard InChI is InChI=1S/C45H53N5O6S2/c1-35(33-44(53)54)40-15-11-36(12-16-40)7-9-38-19-27-49(28-20-38)25-3-5-42(51)46-23-31-57-58-32-24-47-43(52)6-4-26-50-29-21-39(22-30-50)10-8-37-13-17-41(18-14-37)48(2)34-45(55)56/h7-22,27-30,35H,3-6,23-26,31-34H2,1-2H3,(H2-2,46,47,51,52,53,54,55,56)/p+2. The lowest BCUT2D eigenvalue weighted by Crippen LogP contribution is -2.34. The molecular formula is C45H55N5O6S2+2. The number of rotatable bonds is 25. The van der Waals surface area contributed by atoms with Crippen molar-refractivity contribution in [2.45, 2.75) is 58.0 Å². The number of carbonyl (C=O) groups excluding carboxylic acids is 2. The van der Waals surface area contributed by atoms with E-state index in [-0.39, 0.29) is 30.7 Å². The van der Waals surface area contributed by atoms with Gasteiger partial charge in [0, 0.05) is 87.3 Å². The molecule has 1 unspecified atom stereocenters. The van der Waals surface area contributed by atoms with Gasteiger partial charge in [0.25, 0.3) is 0 Å². The van der Waals surface area contributed by atoms with Crippen molar-refractivity contribution >= 4 is 75.3 Å². The van der Waals surface area contributed by atoms with Gasteiger partial charge in [0.05, 0.1) is 6.42 Å². The third-order valence-corrected chi connectivity index (χ3v) is 11.6. The van der Waals surface area contributed by atoms with Crippen molar-refractivity contribution in [3.05, 3.63) is 125 Å². The van der Waals surface area contributed by atoms with E-state index in [9.17, 15) is 19.2 Å². The molecule has 11 nitrogen and oxygen atoms in total. The van der Waals surface area contributed by atoms with Crippen LogP contribution in [0.15, 0.2) is 97.6 Å². The highest BCUT2D eigenvalue weighted by Crippen LogP contribution is 2.21. The summed E-state index contributed by atoms with van der Waals surface area (Å²) < 4.78 is 4.14. The van der Waals surface area contributed by atoms with Crippen LogP contribution in [0.2, 0.25) is 0 Å². The number of nitrogens with zero attached hydrogens (tertiary/aromatic N) is 3. The molecule has 0 saturated carbocycles. The number of amides is 2. The number of hydrogen-bond donors (Lipinski definition) is 4. The Labute approximate surface area is 349 Å². The summed E-state index contributed by atoms with van der Waals surface area (Å²) in [6.07, 6.45) is 18.7. The van der Waals surface area contributed by atoms with E-state index in [1.807, 2.05) is 129 Å². The average Bonchev–Trinajstić information content (AvgIpc) is 3.21. The third-order valence-electron chi connectivity index (χ3n) is 9.20. The van der Waals surface area contributed by atoms with Gasteiger partial charge >= 0.3 is 11.9 Å². The van der Waals surface area contributed by atoms with Gasteiger partial charge in [-0.25, -0.2) is 9.13 Å². The molecule has 0 spiro atoms. The molecule has 4 N–H and O–H groups in total. The SMILES string of the molecule is CC(CC(=O)O)c1ccc(C=Cc2cc[n+](CCCC(=O)NCCSSCCNC(=O)CCC[n+]3ccc(C=Cc4ccc(N(C)CC(=O)O)cc4)cc3)cc2)cc1. The van der Waals surface area contributed by atoms with Crippen LogP contribution in [-0.4, -0.2) is 72.2 Å². The number of carbonyl (C=O) groups is 4. The summed E-state index contributed by atoms with van der Waals surface area (Å²) in [5.41, 5.74) is 6.07. The molecule has 0 aliphatic carbocycles. The lowest BCUT2D eigenvalue weighted by Gasteiger charge is -2.16. The number of aromatic nitrogens is 2. The summed E-state index contributed by atoms with van der Waals surface area (Å²) in [4.78, 5) is 48.2. The number of anilines is 1. The van der Waals surface area contributed by atoms with E-state index in [0.717, 1.165) is 70.9 Å². The number of benzene rings is 2. The number of likely N-dealkylation sites (N-methyl/N-ethyl adjacent to an activating group) is 1. The Morgan fingerprint density at radius 1 is 0.638 bits per heavy atom. The molecule has 0 aliphatic rings. The molecule has 2 aromatic carbocycles. The molecular weight excluding hydrogens is 771 g/mol. The zero-order chi connectivity index (χ0) is 41.5. The second-order valence-electron chi connectivity index (χ2n) is 14.0. The molecule has 4 aromatic rings. The lowest BCUT2D eigenvalue weighted by atomic mass is 9.97. The van der Waals surface area contributed by atoms with E-state index in [1.54, 1.807) is 33.5 Å². The first-order valence-corrected chi connectivity index (χ1v) is 22.0. The fraction of sp³-hybridized carbons (Fsp3) is 0.333.